The van der Waals surface area contributed by atoms with Gasteiger partial charge in [-0.05, 0) is 55.4 Å². The standard InChI is InChI=1S/C20H23N3O3S/c1-4-11-26-18-8-6-5-7-16(18)19(25)23-20(27)22-15-10-9-13(2)17(12-15)21-14(3)24/h5-10,12H,4,11H2,1-3H3,(H,21,24)(H2,22,23,25,27). The van der Waals surface area contributed by atoms with E-state index in [0.29, 0.717) is 29.3 Å². The zero-order valence-corrected chi connectivity index (χ0v) is 16.4. The van der Waals surface area contributed by atoms with E-state index in [9.17, 15) is 9.59 Å². The molecule has 0 bridgehead atoms. The van der Waals surface area contributed by atoms with Gasteiger partial charge in [0.2, 0.25) is 5.91 Å². The van der Waals surface area contributed by atoms with E-state index in [0.717, 1.165) is 12.0 Å². The van der Waals surface area contributed by atoms with Crippen LogP contribution in [0.25, 0.3) is 0 Å². The third kappa shape index (κ3) is 6.07. The molecule has 0 radical (unpaired) electrons. The average molecular weight is 385 g/mol. The summed E-state index contributed by atoms with van der Waals surface area (Å²) in [5, 5.41) is 8.51. The lowest BCUT2D eigenvalue weighted by molar-refractivity contribution is -0.114. The van der Waals surface area contributed by atoms with Crippen molar-refractivity contribution in [3.63, 3.8) is 0 Å². The Morgan fingerprint density at radius 2 is 1.85 bits per heavy atom. The number of carbonyl (C=O) groups excluding carboxylic acids is 2. The van der Waals surface area contributed by atoms with Gasteiger partial charge in [0.1, 0.15) is 5.75 Å². The molecule has 0 fully saturated rings. The van der Waals surface area contributed by atoms with Gasteiger partial charge in [-0.1, -0.05) is 25.1 Å². The van der Waals surface area contributed by atoms with Crippen LogP contribution in [0.15, 0.2) is 42.5 Å². The van der Waals surface area contributed by atoms with Crippen molar-refractivity contribution in [2.75, 3.05) is 17.2 Å². The van der Waals surface area contributed by atoms with Crippen molar-refractivity contribution in [2.45, 2.75) is 27.2 Å². The third-order valence-electron chi connectivity index (χ3n) is 3.63. The molecule has 142 valence electrons. The topological polar surface area (TPSA) is 79.5 Å². The van der Waals surface area contributed by atoms with Gasteiger partial charge in [0.25, 0.3) is 5.91 Å². The number of hydrogen-bond donors (Lipinski definition) is 3. The molecule has 2 aromatic rings. The summed E-state index contributed by atoms with van der Waals surface area (Å²) in [6, 6.07) is 12.4. The minimum Gasteiger partial charge on any atom is -0.493 e. The molecular weight excluding hydrogens is 362 g/mol. The lowest BCUT2D eigenvalue weighted by atomic mass is 10.1. The zero-order valence-electron chi connectivity index (χ0n) is 15.6. The maximum absolute atomic E-state index is 12.5. The lowest BCUT2D eigenvalue weighted by Crippen LogP contribution is -2.34. The van der Waals surface area contributed by atoms with Gasteiger partial charge in [0.05, 0.1) is 12.2 Å². The molecule has 27 heavy (non-hydrogen) atoms. The van der Waals surface area contributed by atoms with Crippen LogP contribution in [0, 0.1) is 6.92 Å². The van der Waals surface area contributed by atoms with Crippen LogP contribution >= 0.6 is 12.2 Å². The molecule has 0 aromatic heterocycles. The SMILES string of the molecule is CCCOc1ccccc1C(=O)NC(=S)Nc1ccc(C)c(NC(C)=O)c1. The predicted molar refractivity (Wildman–Crippen MR) is 111 cm³/mol. The number of hydrogen-bond acceptors (Lipinski definition) is 4. The van der Waals surface area contributed by atoms with Crippen molar-refractivity contribution in [3.05, 3.63) is 53.6 Å². The molecule has 0 aliphatic rings. The number of para-hydroxylation sites is 1. The van der Waals surface area contributed by atoms with Gasteiger partial charge in [0, 0.05) is 18.3 Å². The Morgan fingerprint density at radius 3 is 2.56 bits per heavy atom. The predicted octanol–water partition coefficient (Wildman–Crippen LogP) is 3.87. The van der Waals surface area contributed by atoms with E-state index in [-0.39, 0.29) is 16.9 Å². The minimum atomic E-state index is -0.353. The van der Waals surface area contributed by atoms with Crippen LogP contribution in [0.2, 0.25) is 0 Å². The molecule has 3 N–H and O–H groups in total. The van der Waals surface area contributed by atoms with Crippen molar-refractivity contribution >= 4 is 40.5 Å². The highest BCUT2D eigenvalue weighted by atomic mass is 32.1. The maximum Gasteiger partial charge on any atom is 0.261 e. The first kappa shape index (κ1) is 20.4. The Kier molecular flexibility index (Phi) is 7.31. The molecule has 2 amide bonds. The Bertz CT molecular complexity index is 852. The van der Waals surface area contributed by atoms with Crippen LogP contribution < -0.4 is 20.7 Å². The summed E-state index contributed by atoms with van der Waals surface area (Å²) in [6.07, 6.45) is 0.847. The summed E-state index contributed by atoms with van der Waals surface area (Å²) in [5.41, 5.74) is 2.68. The zero-order chi connectivity index (χ0) is 19.8. The highest BCUT2D eigenvalue weighted by Crippen LogP contribution is 2.21. The van der Waals surface area contributed by atoms with E-state index in [2.05, 4.69) is 16.0 Å². The van der Waals surface area contributed by atoms with Crippen molar-refractivity contribution in [2.24, 2.45) is 0 Å². The van der Waals surface area contributed by atoms with Crippen LogP contribution in [-0.4, -0.2) is 23.5 Å². The van der Waals surface area contributed by atoms with E-state index in [4.69, 9.17) is 17.0 Å². The number of ether oxygens (including phenoxy) is 1. The number of aryl methyl sites for hydroxylation is 1. The molecule has 7 heteroatoms. The molecule has 0 heterocycles. The molecule has 0 saturated heterocycles. The van der Waals surface area contributed by atoms with Crippen molar-refractivity contribution in [3.8, 4) is 5.75 Å². The normalized spacial score (nSPS) is 10.0. The van der Waals surface area contributed by atoms with Crippen LogP contribution in [0.1, 0.15) is 36.2 Å². The van der Waals surface area contributed by atoms with Gasteiger partial charge in [0.15, 0.2) is 5.11 Å². The highest BCUT2D eigenvalue weighted by Gasteiger charge is 2.13. The van der Waals surface area contributed by atoms with Gasteiger partial charge in [-0.2, -0.15) is 0 Å². The Morgan fingerprint density at radius 1 is 1.11 bits per heavy atom. The van der Waals surface area contributed by atoms with Crippen molar-refractivity contribution < 1.29 is 14.3 Å². The van der Waals surface area contributed by atoms with E-state index in [1.165, 1.54) is 6.92 Å². The molecule has 0 aliphatic carbocycles. The minimum absolute atomic E-state index is 0.155. The van der Waals surface area contributed by atoms with Gasteiger partial charge in [-0.15, -0.1) is 0 Å². The van der Waals surface area contributed by atoms with E-state index in [1.54, 1.807) is 24.3 Å². The fraction of sp³-hybridized carbons (Fsp3) is 0.250. The van der Waals surface area contributed by atoms with Gasteiger partial charge >= 0.3 is 0 Å². The number of benzene rings is 2. The molecule has 0 spiro atoms. The molecule has 0 aliphatic heterocycles. The Balaban J connectivity index is 2.06. The second-order valence-electron chi connectivity index (χ2n) is 5.96. The third-order valence-corrected chi connectivity index (χ3v) is 3.83. The Labute approximate surface area is 164 Å². The first-order valence-electron chi connectivity index (χ1n) is 8.63. The lowest BCUT2D eigenvalue weighted by Gasteiger charge is -2.14. The van der Waals surface area contributed by atoms with Gasteiger partial charge in [-0.25, -0.2) is 0 Å². The molecule has 0 unspecified atom stereocenters. The van der Waals surface area contributed by atoms with Crippen molar-refractivity contribution in [1.82, 2.24) is 5.32 Å². The van der Waals surface area contributed by atoms with E-state index in [1.807, 2.05) is 32.0 Å². The highest BCUT2D eigenvalue weighted by molar-refractivity contribution is 7.80. The summed E-state index contributed by atoms with van der Waals surface area (Å²) in [6.45, 7) is 5.87. The van der Waals surface area contributed by atoms with Gasteiger partial charge < -0.3 is 15.4 Å². The molecular formula is C20H23N3O3S. The summed E-state index contributed by atoms with van der Waals surface area (Å²) < 4.78 is 5.61. The smallest absolute Gasteiger partial charge is 0.261 e. The number of carbonyl (C=O) groups is 2. The van der Waals surface area contributed by atoms with Crippen LogP contribution in [0.5, 0.6) is 5.75 Å². The molecule has 2 rings (SSSR count). The second kappa shape index (κ2) is 9.68. The number of rotatable bonds is 6. The van der Waals surface area contributed by atoms with Crippen LogP contribution in [0.3, 0.4) is 0 Å². The number of amides is 2. The fourth-order valence-electron chi connectivity index (χ4n) is 2.35. The molecule has 0 saturated carbocycles. The van der Waals surface area contributed by atoms with Crippen LogP contribution in [0.4, 0.5) is 11.4 Å². The van der Waals surface area contributed by atoms with E-state index >= 15 is 0 Å². The number of anilines is 2. The average Bonchev–Trinajstić information content (AvgIpc) is 2.62. The molecule has 0 atom stereocenters. The van der Waals surface area contributed by atoms with Crippen molar-refractivity contribution in [1.29, 1.82) is 0 Å². The monoisotopic (exact) mass is 385 g/mol. The molecule has 6 nitrogen and oxygen atoms in total. The first-order valence-corrected chi connectivity index (χ1v) is 9.04. The first-order chi connectivity index (χ1) is 12.9. The van der Waals surface area contributed by atoms with E-state index < -0.39 is 0 Å². The summed E-state index contributed by atoms with van der Waals surface area (Å²) in [7, 11) is 0. The van der Waals surface area contributed by atoms with Crippen LogP contribution in [-0.2, 0) is 4.79 Å². The van der Waals surface area contributed by atoms with Gasteiger partial charge in [-0.3, -0.25) is 14.9 Å². The largest absolute Gasteiger partial charge is 0.493 e. The number of nitrogens with one attached hydrogen (secondary N) is 3. The number of thiocarbonyl (C=S) groups is 1. The fourth-order valence-corrected chi connectivity index (χ4v) is 2.56. The summed E-state index contributed by atoms with van der Waals surface area (Å²) >= 11 is 5.24. The quantitative estimate of drug-likeness (QED) is 0.658. The second-order valence-corrected chi connectivity index (χ2v) is 6.37. The maximum atomic E-state index is 12.5. The molecule has 2 aromatic carbocycles. The summed E-state index contributed by atoms with van der Waals surface area (Å²) in [5.74, 6) is 0.00569. The Hall–Kier alpha value is -2.93. The summed E-state index contributed by atoms with van der Waals surface area (Å²) in [4.78, 5) is 23.8.